The van der Waals surface area contributed by atoms with Gasteiger partial charge in [0.05, 0.1) is 17.9 Å². The Morgan fingerprint density at radius 2 is 0.684 bits per heavy atom. The van der Waals surface area contributed by atoms with Gasteiger partial charge in [0.25, 0.3) is 0 Å². The molecule has 0 aromatic heterocycles. The van der Waals surface area contributed by atoms with Gasteiger partial charge in [-0.05, 0) is 37.5 Å². The monoisotopic (exact) mass is 424 g/mol. The summed E-state index contributed by atoms with van der Waals surface area (Å²) >= 11 is 0. The van der Waals surface area contributed by atoms with E-state index >= 15 is 0 Å². The van der Waals surface area contributed by atoms with Gasteiger partial charge in [0.15, 0.2) is 0 Å². The predicted molar refractivity (Wildman–Crippen MR) is 59.5 cm³/mol. The van der Waals surface area contributed by atoms with Crippen molar-refractivity contribution >= 4 is 17.9 Å². The zero-order chi connectivity index (χ0) is 15.5. The summed E-state index contributed by atoms with van der Waals surface area (Å²) < 4.78 is 0. The summed E-state index contributed by atoms with van der Waals surface area (Å²) in [7, 11) is 0. The molecule has 0 saturated heterocycles. The van der Waals surface area contributed by atoms with Crippen LogP contribution in [-0.4, -0.2) is 17.9 Å². The molecule has 0 fully saturated rings. The number of carboxylic acids is 3. The van der Waals surface area contributed by atoms with Crippen LogP contribution >= 0.6 is 0 Å². The van der Waals surface area contributed by atoms with E-state index in [9.17, 15) is 29.7 Å². The molecule has 0 saturated carbocycles. The average molecular weight is 424 g/mol. The van der Waals surface area contributed by atoms with Crippen LogP contribution in [0.3, 0.4) is 0 Å². The molecule has 0 radical (unpaired) electrons. The first-order chi connectivity index (χ1) is 7.93. The second-order valence-electron chi connectivity index (χ2n) is 3.20. The van der Waals surface area contributed by atoms with E-state index in [1.165, 1.54) is 20.8 Å². The number of rotatable bonds is 3. The largest absolute Gasteiger partial charge is 3.00 e. The van der Waals surface area contributed by atoms with Gasteiger partial charge < -0.3 is 29.7 Å². The molecule has 0 aliphatic carbocycles. The molecule has 6 nitrogen and oxygen atoms in total. The standard InChI is InChI=1S/3C4H6O2.Tm/c3*1-3(2)4(5)6;/h3*1H2,2H3,(H,5,6);/q;;;+3/p-3. The maximum atomic E-state index is 9.49. The van der Waals surface area contributed by atoms with Crippen LogP contribution in [0.1, 0.15) is 20.8 Å². The van der Waals surface area contributed by atoms with E-state index in [1.807, 2.05) is 0 Å². The van der Waals surface area contributed by atoms with Gasteiger partial charge in [-0.3, -0.25) is 0 Å². The van der Waals surface area contributed by atoms with Crippen LogP contribution in [0.4, 0.5) is 0 Å². The van der Waals surface area contributed by atoms with Crippen LogP contribution in [0.25, 0.3) is 0 Å². The van der Waals surface area contributed by atoms with Crippen molar-refractivity contribution in [2.75, 3.05) is 0 Å². The summed E-state index contributed by atoms with van der Waals surface area (Å²) in [5, 5.41) is 28.5. The summed E-state index contributed by atoms with van der Waals surface area (Å²) in [5.74, 6) is -3.56. The Kier molecular flexibility index (Phi) is 20.8. The Morgan fingerprint density at radius 1 is 0.632 bits per heavy atom. The van der Waals surface area contributed by atoms with Gasteiger partial charge in [-0.1, -0.05) is 19.7 Å². The van der Waals surface area contributed by atoms with Crippen molar-refractivity contribution in [2.24, 2.45) is 0 Å². The minimum absolute atomic E-state index is 0. The van der Waals surface area contributed by atoms with Crippen LogP contribution in [0, 0.1) is 36.9 Å². The van der Waals surface area contributed by atoms with Crippen molar-refractivity contribution in [3.63, 3.8) is 0 Å². The Bertz CT molecular complexity index is 277. The Labute approximate surface area is 141 Å². The molecule has 0 bridgehead atoms. The van der Waals surface area contributed by atoms with E-state index in [2.05, 4.69) is 19.7 Å². The SMILES string of the molecule is C=C(C)C(=O)[O-].C=C(C)C(=O)[O-].C=C(C)C(=O)[O-].[Tm+3]. The first-order valence-corrected chi connectivity index (χ1v) is 4.54. The van der Waals surface area contributed by atoms with E-state index in [0.29, 0.717) is 0 Å². The van der Waals surface area contributed by atoms with Crippen molar-refractivity contribution in [2.45, 2.75) is 20.8 Å². The molecule has 0 unspecified atom stereocenters. The molecule has 19 heavy (non-hydrogen) atoms. The predicted octanol–water partition coefficient (Wildman–Crippen LogP) is -2.06. The number of hydrogen-bond donors (Lipinski definition) is 0. The number of carbonyl (C=O) groups is 3. The summed E-state index contributed by atoms with van der Waals surface area (Å²) in [6.45, 7) is 13.4. The third kappa shape index (κ3) is 31.6. The van der Waals surface area contributed by atoms with Crippen molar-refractivity contribution in [3.8, 4) is 0 Å². The number of carbonyl (C=O) groups excluding carboxylic acids is 3. The molecule has 0 amide bonds. The molecule has 0 heterocycles. The fourth-order valence-electron chi connectivity index (χ4n) is 0. The van der Waals surface area contributed by atoms with Gasteiger partial charge in [0, 0.05) is 0 Å². The van der Waals surface area contributed by atoms with Crippen molar-refractivity contribution in [3.05, 3.63) is 36.5 Å². The Balaban J connectivity index is -0.0000000865. The topological polar surface area (TPSA) is 120 Å². The molecule has 0 spiro atoms. The van der Waals surface area contributed by atoms with Gasteiger partial charge in [0.1, 0.15) is 0 Å². The van der Waals surface area contributed by atoms with Crippen molar-refractivity contribution in [1.82, 2.24) is 0 Å². The molecule has 7 heteroatoms. The van der Waals surface area contributed by atoms with E-state index in [0.717, 1.165) is 0 Å². The van der Waals surface area contributed by atoms with Gasteiger partial charge >= 0.3 is 36.9 Å². The summed E-state index contributed by atoms with van der Waals surface area (Å²) in [5.41, 5.74) is 0.194. The summed E-state index contributed by atoms with van der Waals surface area (Å²) in [4.78, 5) is 28.5. The molecular weight excluding hydrogens is 409 g/mol. The number of hydrogen-bond acceptors (Lipinski definition) is 6. The molecule has 0 N–H and O–H groups in total. The van der Waals surface area contributed by atoms with Gasteiger partial charge in [-0.15, -0.1) is 0 Å². The second kappa shape index (κ2) is 14.9. The van der Waals surface area contributed by atoms with Crippen LogP contribution in [-0.2, 0) is 14.4 Å². The van der Waals surface area contributed by atoms with Crippen LogP contribution in [0.2, 0.25) is 0 Å². The van der Waals surface area contributed by atoms with Crippen LogP contribution < -0.4 is 15.3 Å². The maximum absolute atomic E-state index is 9.49. The fourth-order valence-corrected chi connectivity index (χ4v) is 0. The normalized spacial score (nSPS) is 7.11. The maximum Gasteiger partial charge on any atom is 3.00 e. The van der Waals surface area contributed by atoms with Gasteiger partial charge in [0.2, 0.25) is 0 Å². The van der Waals surface area contributed by atoms with Crippen LogP contribution in [0.15, 0.2) is 36.5 Å². The van der Waals surface area contributed by atoms with Gasteiger partial charge in [-0.25, -0.2) is 0 Å². The third-order valence-corrected chi connectivity index (χ3v) is 1.05. The molecule has 0 rings (SSSR count). The zero-order valence-corrected chi connectivity index (χ0v) is 12.6. The molecule has 0 aromatic carbocycles. The quantitative estimate of drug-likeness (QED) is 0.481. The molecular formula is C12H15O6Tm. The van der Waals surface area contributed by atoms with Gasteiger partial charge in [-0.2, -0.15) is 0 Å². The minimum atomic E-state index is -1.19. The van der Waals surface area contributed by atoms with E-state index in [-0.39, 0.29) is 53.6 Å². The Hall–Kier alpha value is -1.14. The van der Waals surface area contributed by atoms with E-state index < -0.39 is 17.9 Å². The second-order valence-corrected chi connectivity index (χ2v) is 3.20. The minimum Gasteiger partial charge on any atom is -0.545 e. The molecule has 0 aromatic rings. The van der Waals surface area contributed by atoms with Crippen molar-refractivity contribution < 1.29 is 66.6 Å². The van der Waals surface area contributed by atoms with Crippen LogP contribution in [0.5, 0.6) is 0 Å². The first kappa shape index (κ1) is 26.4. The number of aliphatic carboxylic acids is 3. The zero-order valence-electron chi connectivity index (χ0n) is 10.8. The van der Waals surface area contributed by atoms with E-state index in [4.69, 9.17) is 0 Å². The Morgan fingerprint density at radius 3 is 0.684 bits per heavy atom. The fraction of sp³-hybridized carbons (Fsp3) is 0.250. The van der Waals surface area contributed by atoms with E-state index in [1.54, 1.807) is 0 Å². The number of carboxylic acid groups (broad SMARTS) is 3. The third-order valence-electron chi connectivity index (χ3n) is 1.05. The first-order valence-electron chi connectivity index (χ1n) is 4.54. The molecule has 0 aliphatic heterocycles. The summed E-state index contributed by atoms with van der Waals surface area (Å²) in [6, 6.07) is 0. The molecule has 0 atom stereocenters. The summed E-state index contributed by atoms with van der Waals surface area (Å²) in [6.07, 6.45) is 0. The molecule has 0 aliphatic rings. The smallest absolute Gasteiger partial charge is 0.545 e. The van der Waals surface area contributed by atoms with Crippen molar-refractivity contribution in [1.29, 1.82) is 0 Å². The average Bonchev–Trinajstić information content (AvgIpc) is 2.18. The molecule has 112 valence electrons.